The summed E-state index contributed by atoms with van der Waals surface area (Å²) in [6.07, 6.45) is 0.296. The molecule has 0 spiro atoms. The quantitative estimate of drug-likeness (QED) is 0.800. The number of methoxy groups -OCH3 is 1. The molecule has 116 valence electrons. The Bertz CT molecular complexity index is 614. The van der Waals surface area contributed by atoms with E-state index in [9.17, 15) is 9.18 Å². The van der Waals surface area contributed by atoms with Crippen molar-refractivity contribution in [1.82, 2.24) is 5.32 Å². The second kappa shape index (κ2) is 8.02. The van der Waals surface area contributed by atoms with Gasteiger partial charge in [-0.2, -0.15) is 0 Å². The molecule has 0 aliphatic carbocycles. The van der Waals surface area contributed by atoms with Gasteiger partial charge >= 0.3 is 0 Å². The summed E-state index contributed by atoms with van der Waals surface area (Å²) in [5, 5.41) is 2.76. The van der Waals surface area contributed by atoms with E-state index in [0.717, 1.165) is 11.3 Å². The maximum Gasteiger partial charge on any atom is 0.224 e. The lowest BCUT2D eigenvalue weighted by molar-refractivity contribution is -0.120. The lowest BCUT2D eigenvalue weighted by atomic mass is 10.1. The molecular formula is C17H18FNO3. The Kier molecular flexibility index (Phi) is 5.77. The van der Waals surface area contributed by atoms with E-state index in [2.05, 4.69) is 5.32 Å². The number of carbonyl (C=O) groups is 1. The fourth-order valence-corrected chi connectivity index (χ4v) is 1.91. The Morgan fingerprint density at radius 1 is 1.14 bits per heavy atom. The molecule has 4 nitrogen and oxygen atoms in total. The average molecular weight is 303 g/mol. The van der Waals surface area contributed by atoms with Crippen LogP contribution in [-0.2, 0) is 11.2 Å². The Hall–Kier alpha value is -2.56. The Morgan fingerprint density at radius 2 is 1.91 bits per heavy atom. The molecule has 0 atom stereocenters. The van der Waals surface area contributed by atoms with Crippen molar-refractivity contribution in [2.75, 3.05) is 20.3 Å². The highest BCUT2D eigenvalue weighted by atomic mass is 19.1. The first-order valence-corrected chi connectivity index (χ1v) is 6.95. The highest BCUT2D eigenvalue weighted by Crippen LogP contribution is 2.12. The monoisotopic (exact) mass is 303 g/mol. The average Bonchev–Trinajstić information content (AvgIpc) is 2.52. The molecule has 0 radical (unpaired) electrons. The van der Waals surface area contributed by atoms with Crippen LogP contribution in [0.1, 0.15) is 5.56 Å². The summed E-state index contributed by atoms with van der Waals surface area (Å²) in [6, 6.07) is 13.2. The third-order valence-electron chi connectivity index (χ3n) is 3.01. The topological polar surface area (TPSA) is 47.6 Å². The van der Waals surface area contributed by atoms with Crippen LogP contribution < -0.4 is 14.8 Å². The minimum absolute atomic E-state index is 0.0898. The SMILES string of the molecule is COc1ccc(CC(=O)NCCOc2cccc(F)c2)cc1. The molecule has 0 aromatic heterocycles. The number of ether oxygens (including phenoxy) is 2. The number of nitrogens with one attached hydrogen (secondary N) is 1. The third-order valence-corrected chi connectivity index (χ3v) is 3.01. The summed E-state index contributed by atoms with van der Waals surface area (Å²) >= 11 is 0. The van der Waals surface area contributed by atoms with Crippen LogP contribution in [0.5, 0.6) is 11.5 Å². The van der Waals surface area contributed by atoms with E-state index in [1.54, 1.807) is 19.2 Å². The maximum absolute atomic E-state index is 12.9. The van der Waals surface area contributed by atoms with Gasteiger partial charge in [-0.15, -0.1) is 0 Å². The summed E-state index contributed by atoms with van der Waals surface area (Å²) in [7, 11) is 1.60. The van der Waals surface area contributed by atoms with Crippen molar-refractivity contribution >= 4 is 5.91 Å². The zero-order valence-corrected chi connectivity index (χ0v) is 12.3. The lowest BCUT2D eigenvalue weighted by Crippen LogP contribution is -2.29. The van der Waals surface area contributed by atoms with E-state index < -0.39 is 0 Å². The van der Waals surface area contributed by atoms with E-state index in [4.69, 9.17) is 9.47 Å². The van der Waals surface area contributed by atoms with E-state index in [1.165, 1.54) is 12.1 Å². The van der Waals surface area contributed by atoms with Crippen LogP contribution in [0.3, 0.4) is 0 Å². The van der Waals surface area contributed by atoms with Gasteiger partial charge < -0.3 is 14.8 Å². The Labute approximate surface area is 128 Å². The molecule has 0 unspecified atom stereocenters. The Morgan fingerprint density at radius 3 is 2.59 bits per heavy atom. The van der Waals surface area contributed by atoms with E-state index in [0.29, 0.717) is 18.7 Å². The minimum atomic E-state index is -0.346. The highest BCUT2D eigenvalue weighted by Gasteiger charge is 2.03. The van der Waals surface area contributed by atoms with Crippen molar-refractivity contribution in [2.24, 2.45) is 0 Å². The number of halogens is 1. The van der Waals surface area contributed by atoms with Crippen LogP contribution in [0.2, 0.25) is 0 Å². The van der Waals surface area contributed by atoms with Crippen molar-refractivity contribution in [3.8, 4) is 11.5 Å². The smallest absolute Gasteiger partial charge is 0.224 e. The first kappa shape index (κ1) is 15.8. The summed E-state index contributed by atoms with van der Waals surface area (Å²) in [6.45, 7) is 0.656. The largest absolute Gasteiger partial charge is 0.497 e. The predicted octanol–water partition coefficient (Wildman–Crippen LogP) is 2.57. The minimum Gasteiger partial charge on any atom is -0.497 e. The zero-order chi connectivity index (χ0) is 15.8. The molecule has 2 rings (SSSR count). The second-order valence-electron chi connectivity index (χ2n) is 4.68. The van der Waals surface area contributed by atoms with Gasteiger partial charge in [0.15, 0.2) is 0 Å². The molecular weight excluding hydrogens is 285 g/mol. The van der Waals surface area contributed by atoms with Crippen LogP contribution >= 0.6 is 0 Å². The van der Waals surface area contributed by atoms with Gasteiger partial charge in [-0.25, -0.2) is 4.39 Å². The number of benzene rings is 2. The summed E-state index contributed by atoms with van der Waals surface area (Å²) in [5.41, 5.74) is 0.907. The molecule has 5 heteroatoms. The third kappa shape index (κ3) is 5.09. The molecule has 1 N–H and O–H groups in total. The van der Waals surface area contributed by atoms with Crippen LogP contribution in [0.25, 0.3) is 0 Å². The van der Waals surface area contributed by atoms with Gasteiger partial charge in [0.05, 0.1) is 20.1 Å². The van der Waals surface area contributed by atoms with Gasteiger partial charge in [0, 0.05) is 6.07 Å². The summed E-state index contributed by atoms with van der Waals surface area (Å²) in [4.78, 5) is 11.8. The van der Waals surface area contributed by atoms with Crippen molar-refractivity contribution in [2.45, 2.75) is 6.42 Å². The molecule has 2 aromatic rings. The van der Waals surface area contributed by atoms with Gasteiger partial charge in [-0.3, -0.25) is 4.79 Å². The molecule has 0 aliphatic rings. The first-order chi connectivity index (χ1) is 10.7. The number of rotatable bonds is 7. The zero-order valence-electron chi connectivity index (χ0n) is 12.3. The van der Waals surface area contributed by atoms with E-state index in [-0.39, 0.29) is 18.3 Å². The number of hydrogen-bond acceptors (Lipinski definition) is 3. The maximum atomic E-state index is 12.9. The van der Waals surface area contributed by atoms with Crippen LogP contribution in [-0.4, -0.2) is 26.2 Å². The number of hydrogen-bond donors (Lipinski definition) is 1. The van der Waals surface area contributed by atoms with Gasteiger partial charge in [0.1, 0.15) is 23.9 Å². The van der Waals surface area contributed by atoms with Crippen molar-refractivity contribution in [3.05, 3.63) is 59.9 Å². The van der Waals surface area contributed by atoms with Crippen molar-refractivity contribution < 1.29 is 18.7 Å². The molecule has 0 fully saturated rings. The molecule has 0 heterocycles. The highest BCUT2D eigenvalue weighted by molar-refractivity contribution is 5.78. The fourth-order valence-electron chi connectivity index (χ4n) is 1.91. The van der Waals surface area contributed by atoms with Crippen LogP contribution in [0, 0.1) is 5.82 Å². The van der Waals surface area contributed by atoms with Crippen LogP contribution in [0.4, 0.5) is 4.39 Å². The summed E-state index contributed by atoms with van der Waals surface area (Å²) in [5.74, 6) is 0.770. The van der Waals surface area contributed by atoms with Gasteiger partial charge in [-0.1, -0.05) is 18.2 Å². The van der Waals surface area contributed by atoms with Crippen molar-refractivity contribution in [3.63, 3.8) is 0 Å². The molecule has 0 aliphatic heterocycles. The predicted molar refractivity (Wildman–Crippen MR) is 81.6 cm³/mol. The van der Waals surface area contributed by atoms with Gasteiger partial charge in [0.25, 0.3) is 0 Å². The normalized spacial score (nSPS) is 10.1. The van der Waals surface area contributed by atoms with Crippen molar-refractivity contribution in [1.29, 1.82) is 0 Å². The molecule has 1 amide bonds. The number of carbonyl (C=O) groups excluding carboxylic acids is 1. The lowest BCUT2D eigenvalue weighted by Gasteiger charge is -2.08. The molecule has 0 saturated carbocycles. The van der Waals surface area contributed by atoms with Crippen LogP contribution in [0.15, 0.2) is 48.5 Å². The first-order valence-electron chi connectivity index (χ1n) is 6.95. The fraction of sp³-hybridized carbons (Fsp3) is 0.235. The molecule has 0 bridgehead atoms. The Balaban J connectivity index is 1.69. The molecule has 2 aromatic carbocycles. The van der Waals surface area contributed by atoms with Gasteiger partial charge in [-0.05, 0) is 29.8 Å². The summed E-state index contributed by atoms with van der Waals surface area (Å²) < 4.78 is 23.3. The second-order valence-corrected chi connectivity index (χ2v) is 4.68. The molecule has 22 heavy (non-hydrogen) atoms. The van der Waals surface area contributed by atoms with E-state index >= 15 is 0 Å². The molecule has 0 saturated heterocycles. The van der Waals surface area contributed by atoms with Gasteiger partial charge in [0.2, 0.25) is 5.91 Å². The standard InChI is InChI=1S/C17H18FNO3/c1-21-15-7-5-13(6-8-15)11-17(20)19-9-10-22-16-4-2-3-14(18)12-16/h2-8,12H,9-11H2,1H3,(H,19,20). The van der Waals surface area contributed by atoms with E-state index in [1.807, 2.05) is 24.3 Å². The number of amides is 1.